The van der Waals surface area contributed by atoms with Crippen LogP contribution in [0.3, 0.4) is 0 Å². The highest BCUT2D eigenvalue weighted by atomic mass is 16.3. The largest absolute Gasteiger partial charge is 0.395 e. The molecule has 0 atom stereocenters. The normalized spacial score (nSPS) is 18.4. The molecule has 25 heavy (non-hydrogen) atoms. The van der Waals surface area contributed by atoms with E-state index in [0.29, 0.717) is 18.6 Å². The molecule has 3 rings (SSSR count). The summed E-state index contributed by atoms with van der Waals surface area (Å²) in [6, 6.07) is 8.93. The monoisotopic (exact) mass is 345 g/mol. The van der Waals surface area contributed by atoms with Crippen LogP contribution in [0, 0.1) is 0 Å². The van der Waals surface area contributed by atoms with Crippen LogP contribution >= 0.6 is 0 Å². The third-order valence-electron chi connectivity index (χ3n) is 5.47. The van der Waals surface area contributed by atoms with Crippen LogP contribution in [-0.4, -0.2) is 53.2 Å². The summed E-state index contributed by atoms with van der Waals surface area (Å²) in [4.78, 5) is 16.8. The summed E-state index contributed by atoms with van der Waals surface area (Å²) in [7, 11) is 2.19. The van der Waals surface area contributed by atoms with Crippen molar-refractivity contribution in [2.45, 2.75) is 63.6 Å². The lowest BCUT2D eigenvalue weighted by Crippen LogP contribution is -2.39. The zero-order valence-corrected chi connectivity index (χ0v) is 15.3. The van der Waals surface area contributed by atoms with Crippen LogP contribution in [0.4, 0.5) is 10.5 Å². The number of benzene rings is 1. The number of para-hydroxylation sites is 1. The molecule has 2 saturated carbocycles. The van der Waals surface area contributed by atoms with Crippen LogP contribution < -0.4 is 5.32 Å². The lowest BCUT2D eigenvalue weighted by Gasteiger charge is -2.32. The first-order chi connectivity index (χ1) is 12.2. The van der Waals surface area contributed by atoms with Gasteiger partial charge in [-0.15, -0.1) is 0 Å². The van der Waals surface area contributed by atoms with Crippen molar-refractivity contribution in [3.8, 4) is 0 Å². The molecule has 1 aromatic rings. The number of carbonyl (C=O) groups excluding carboxylic acids is 1. The van der Waals surface area contributed by atoms with Crippen LogP contribution in [0.5, 0.6) is 0 Å². The fourth-order valence-corrected chi connectivity index (χ4v) is 3.83. The number of hydrogen-bond acceptors (Lipinski definition) is 3. The van der Waals surface area contributed by atoms with Crippen molar-refractivity contribution in [1.29, 1.82) is 0 Å². The molecule has 0 radical (unpaired) electrons. The molecule has 0 saturated heterocycles. The number of aliphatic hydroxyl groups is 1. The van der Waals surface area contributed by atoms with E-state index in [1.807, 2.05) is 18.2 Å². The van der Waals surface area contributed by atoms with Crippen LogP contribution in [0.2, 0.25) is 0 Å². The number of anilines is 1. The Morgan fingerprint density at radius 2 is 1.84 bits per heavy atom. The highest BCUT2D eigenvalue weighted by molar-refractivity contribution is 5.90. The van der Waals surface area contributed by atoms with Gasteiger partial charge in [0.1, 0.15) is 0 Å². The minimum Gasteiger partial charge on any atom is -0.395 e. The van der Waals surface area contributed by atoms with Gasteiger partial charge in [-0.1, -0.05) is 37.5 Å². The molecule has 2 aliphatic carbocycles. The van der Waals surface area contributed by atoms with Crippen LogP contribution in [0.1, 0.15) is 50.5 Å². The van der Waals surface area contributed by atoms with Gasteiger partial charge in [0.05, 0.1) is 6.61 Å². The van der Waals surface area contributed by atoms with Gasteiger partial charge in [-0.2, -0.15) is 0 Å². The zero-order chi connectivity index (χ0) is 17.6. The van der Waals surface area contributed by atoms with Crippen molar-refractivity contribution in [3.05, 3.63) is 29.8 Å². The molecule has 0 spiro atoms. The Kier molecular flexibility index (Phi) is 6.32. The molecule has 0 heterocycles. The first-order valence-corrected chi connectivity index (χ1v) is 9.65. The van der Waals surface area contributed by atoms with Crippen LogP contribution in [0.15, 0.2) is 24.3 Å². The van der Waals surface area contributed by atoms with E-state index in [1.54, 1.807) is 4.90 Å². The Balaban J connectivity index is 1.64. The van der Waals surface area contributed by atoms with Gasteiger partial charge in [0.2, 0.25) is 0 Å². The average Bonchev–Trinajstić information content (AvgIpc) is 3.47. The van der Waals surface area contributed by atoms with Gasteiger partial charge >= 0.3 is 6.03 Å². The number of hydrogen-bond donors (Lipinski definition) is 2. The molecule has 5 nitrogen and oxygen atoms in total. The van der Waals surface area contributed by atoms with E-state index in [9.17, 15) is 9.90 Å². The molecule has 5 heteroatoms. The summed E-state index contributed by atoms with van der Waals surface area (Å²) in [6.45, 7) is 1.27. The second kappa shape index (κ2) is 8.68. The minimum atomic E-state index is -0.0932. The second-order valence-corrected chi connectivity index (χ2v) is 7.44. The molecule has 0 aliphatic heterocycles. The maximum Gasteiger partial charge on any atom is 0.322 e. The molecule has 2 N–H and O–H groups in total. The molecule has 0 unspecified atom stereocenters. The van der Waals surface area contributed by atoms with Crippen molar-refractivity contribution in [2.24, 2.45) is 0 Å². The Morgan fingerprint density at radius 3 is 2.52 bits per heavy atom. The van der Waals surface area contributed by atoms with Gasteiger partial charge in [-0.25, -0.2) is 4.79 Å². The molecule has 0 bridgehead atoms. The topological polar surface area (TPSA) is 55.8 Å². The van der Waals surface area contributed by atoms with Crippen molar-refractivity contribution in [2.75, 3.05) is 25.5 Å². The predicted molar refractivity (Wildman–Crippen MR) is 101 cm³/mol. The molecule has 0 aromatic heterocycles. The highest BCUT2D eigenvalue weighted by Crippen LogP contribution is 2.28. The Bertz CT molecular complexity index is 568. The van der Waals surface area contributed by atoms with Crippen LogP contribution in [0.25, 0.3) is 0 Å². The van der Waals surface area contributed by atoms with Gasteiger partial charge in [-0.3, -0.25) is 4.90 Å². The Morgan fingerprint density at radius 1 is 1.12 bits per heavy atom. The fraction of sp³-hybridized carbons (Fsp3) is 0.650. The maximum absolute atomic E-state index is 12.6. The smallest absolute Gasteiger partial charge is 0.322 e. The standard InChI is InChI=1S/C20H31N3O2/c1-22(17-8-3-2-4-9-17)15-16-7-5-6-10-19(16)21-20(25)23(13-14-24)18-11-12-18/h5-7,10,17-18,24H,2-4,8-9,11-15H2,1H3,(H,21,25). The number of aliphatic hydroxyl groups excluding tert-OH is 1. The minimum absolute atomic E-state index is 0.00991. The van der Waals surface area contributed by atoms with Crippen LogP contribution in [-0.2, 0) is 6.54 Å². The van der Waals surface area contributed by atoms with Crippen molar-refractivity contribution >= 4 is 11.7 Å². The predicted octanol–water partition coefficient (Wildman–Crippen LogP) is 3.44. The van der Waals surface area contributed by atoms with E-state index in [4.69, 9.17) is 0 Å². The summed E-state index contributed by atoms with van der Waals surface area (Å²) in [5.74, 6) is 0. The number of carbonyl (C=O) groups is 1. The molecule has 138 valence electrons. The molecule has 1 aromatic carbocycles. The SMILES string of the molecule is CN(Cc1ccccc1NC(=O)N(CCO)C1CC1)C1CCCCC1. The third-order valence-corrected chi connectivity index (χ3v) is 5.47. The van der Waals surface area contributed by atoms with E-state index in [1.165, 1.54) is 32.1 Å². The lowest BCUT2D eigenvalue weighted by molar-refractivity contribution is 0.183. The van der Waals surface area contributed by atoms with E-state index in [2.05, 4.69) is 23.3 Å². The number of rotatable bonds is 7. The number of amides is 2. The van der Waals surface area contributed by atoms with Crippen molar-refractivity contribution in [1.82, 2.24) is 9.80 Å². The molecule has 2 amide bonds. The number of urea groups is 1. The summed E-state index contributed by atoms with van der Waals surface area (Å²) >= 11 is 0. The second-order valence-electron chi connectivity index (χ2n) is 7.44. The van der Waals surface area contributed by atoms with E-state index in [-0.39, 0.29) is 12.6 Å². The first-order valence-electron chi connectivity index (χ1n) is 9.65. The molecular formula is C20H31N3O2. The van der Waals surface area contributed by atoms with E-state index >= 15 is 0 Å². The average molecular weight is 345 g/mol. The molecule has 2 fully saturated rings. The van der Waals surface area contributed by atoms with Gasteiger partial charge < -0.3 is 15.3 Å². The fourth-order valence-electron chi connectivity index (χ4n) is 3.83. The van der Waals surface area contributed by atoms with Crippen molar-refractivity contribution < 1.29 is 9.90 Å². The maximum atomic E-state index is 12.6. The van der Waals surface area contributed by atoms with E-state index < -0.39 is 0 Å². The summed E-state index contributed by atoms with van der Waals surface area (Å²) in [5, 5.41) is 12.3. The van der Waals surface area contributed by atoms with Gasteiger partial charge in [-0.05, 0) is 44.4 Å². The molecule has 2 aliphatic rings. The van der Waals surface area contributed by atoms with E-state index in [0.717, 1.165) is 30.6 Å². The van der Waals surface area contributed by atoms with Gasteiger partial charge in [0.25, 0.3) is 0 Å². The lowest BCUT2D eigenvalue weighted by atomic mass is 9.94. The number of nitrogens with one attached hydrogen (secondary N) is 1. The third kappa shape index (κ3) is 4.95. The summed E-state index contributed by atoms with van der Waals surface area (Å²) < 4.78 is 0. The zero-order valence-electron chi connectivity index (χ0n) is 15.3. The highest BCUT2D eigenvalue weighted by Gasteiger charge is 2.32. The Labute approximate surface area is 151 Å². The number of nitrogens with zero attached hydrogens (tertiary/aromatic N) is 2. The first kappa shape index (κ1) is 18.2. The summed E-state index contributed by atoms with van der Waals surface area (Å²) in [6.07, 6.45) is 8.64. The van der Waals surface area contributed by atoms with Gasteiger partial charge in [0.15, 0.2) is 0 Å². The Hall–Kier alpha value is -1.59. The summed E-state index contributed by atoms with van der Waals surface area (Å²) in [5.41, 5.74) is 2.04. The quantitative estimate of drug-likeness (QED) is 0.796. The molecular weight excluding hydrogens is 314 g/mol. The van der Waals surface area contributed by atoms with Gasteiger partial charge in [0, 0.05) is 30.9 Å². The van der Waals surface area contributed by atoms with Crippen molar-refractivity contribution in [3.63, 3.8) is 0 Å².